The zero-order valence-corrected chi connectivity index (χ0v) is 18.5. The third-order valence-corrected chi connectivity index (χ3v) is 4.75. The van der Waals surface area contributed by atoms with Crippen LogP contribution in [0, 0.1) is 5.41 Å². The first-order chi connectivity index (χ1) is 15.2. The number of halogens is 3. The minimum absolute atomic E-state index is 0.00678. The number of methoxy groups -OCH3 is 1. The summed E-state index contributed by atoms with van der Waals surface area (Å²) in [6, 6.07) is 7.53. The third-order valence-electron chi connectivity index (χ3n) is 4.75. The average molecular weight is 444 g/mol. The summed E-state index contributed by atoms with van der Waals surface area (Å²) in [5, 5.41) is 11.5. The number of allylic oxidation sites excluding steroid dienone is 4. The molecule has 170 valence electrons. The Morgan fingerprint density at radius 1 is 1.31 bits per heavy atom. The zero-order valence-electron chi connectivity index (χ0n) is 18.5. The molecule has 2 rings (SSSR count). The van der Waals surface area contributed by atoms with Crippen LogP contribution in [-0.4, -0.2) is 24.0 Å². The van der Waals surface area contributed by atoms with Gasteiger partial charge in [0, 0.05) is 24.3 Å². The Labute approximate surface area is 187 Å². The van der Waals surface area contributed by atoms with E-state index in [2.05, 4.69) is 16.9 Å². The lowest BCUT2D eigenvalue weighted by atomic mass is 10.0. The average Bonchev–Trinajstić information content (AvgIpc) is 2.74. The summed E-state index contributed by atoms with van der Waals surface area (Å²) in [5.41, 5.74) is 2.04. The van der Waals surface area contributed by atoms with E-state index >= 15 is 0 Å². The smallest absolute Gasteiger partial charge is 0.418 e. The molecule has 1 aromatic carbocycles. The van der Waals surface area contributed by atoms with Crippen LogP contribution in [0.5, 0.6) is 0 Å². The van der Waals surface area contributed by atoms with Gasteiger partial charge in [-0.2, -0.15) is 13.2 Å². The summed E-state index contributed by atoms with van der Waals surface area (Å²) < 4.78 is 45.0. The molecular weight excluding hydrogens is 415 g/mol. The molecule has 4 nitrogen and oxygen atoms in total. The first-order valence-electron chi connectivity index (χ1n) is 10.1. The summed E-state index contributed by atoms with van der Waals surface area (Å²) in [5.74, 6) is -0.0704. The number of hydrogen-bond acceptors (Lipinski definition) is 4. The quantitative estimate of drug-likeness (QED) is 0.263. The van der Waals surface area contributed by atoms with Gasteiger partial charge in [-0.25, -0.2) is 0 Å². The molecular formula is C25H28F3N3O. The van der Waals surface area contributed by atoms with Gasteiger partial charge in [-0.1, -0.05) is 42.5 Å². The number of nitrogens with zero attached hydrogens (tertiary/aromatic N) is 1. The maximum absolute atomic E-state index is 13.3. The van der Waals surface area contributed by atoms with Crippen LogP contribution >= 0.6 is 0 Å². The van der Waals surface area contributed by atoms with E-state index in [0.29, 0.717) is 16.8 Å². The highest BCUT2D eigenvalue weighted by atomic mass is 19.4. The molecule has 1 heterocycles. The first-order valence-corrected chi connectivity index (χ1v) is 10.1. The van der Waals surface area contributed by atoms with Crippen LogP contribution < -0.4 is 5.32 Å². The van der Waals surface area contributed by atoms with Crippen LogP contribution in [0.4, 0.5) is 18.9 Å². The van der Waals surface area contributed by atoms with E-state index in [1.54, 1.807) is 24.3 Å². The summed E-state index contributed by atoms with van der Waals surface area (Å²) in [6.45, 7) is 7.66. The van der Waals surface area contributed by atoms with Gasteiger partial charge in [0.05, 0.1) is 23.9 Å². The molecule has 0 aliphatic carbocycles. The van der Waals surface area contributed by atoms with Crippen molar-refractivity contribution in [1.29, 1.82) is 5.41 Å². The molecule has 0 bridgehead atoms. The summed E-state index contributed by atoms with van der Waals surface area (Å²) in [4.78, 5) is 3.93. The molecule has 0 aliphatic rings. The van der Waals surface area contributed by atoms with Crippen molar-refractivity contribution in [1.82, 2.24) is 4.98 Å². The molecule has 1 aromatic heterocycles. The number of nitrogens with one attached hydrogen (secondary N) is 2. The maximum atomic E-state index is 13.3. The van der Waals surface area contributed by atoms with E-state index in [-0.39, 0.29) is 24.1 Å². The second-order valence-corrected chi connectivity index (χ2v) is 7.42. The summed E-state index contributed by atoms with van der Waals surface area (Å²) in [6.07, 6.45) is 5.30. The lowest BCUT2D eigenvalue weighted by Gasteiger charge is -2.18. The largest absolute Gasteiger partial charge is 0.481 e. The molecule has 0 amide bonds. The van der Waals surface area contributed by atoms with E-state index in [4.69, 9.17) is 10.1 Å². The maximum Gasteiger partial charge on any atom is 0.418 e. The molecule has 1 unspecified atom stereocenters. The summed E-state index contributed by atoms with van der Waals surface area (Å²) >= 11 is 0. The van der Waals surface area contributed by atoms with Crippen molar-refractivity contribution < 1.29 is 17.9 Å². The molecule has 0 fully saturated rings. The van der Waals surface area contributed by atoms with Crippen molar-refractivity contribution in [2.45, 2.75) is 38.9 Å². The highest BCUT2D eigenvalue weighted by Crippen LogP contribution is 2.32. The zero-order chi connectivity index (χ0) is 23.7. The Balaban J connectivity index is 2.24. The van der Waals surface area contributed by atoms with Crippen LogP contribution in [0.25, 0.3) is 0 Å². The Morgan fingerprint density at radius 2 is 2.06 bits per heavy atom. The van der Waals surface area contributed by atoms with Crippen molar-refractivity contribution in [3.05, 3.63) is 95.4 Å². The summed E-state index contributed by atoms with van der Waals surface area (Å²) in [7, 11) is 1.39. The van der Waals surface area contributed by atoms with Gasteiger partial charge >= 0.3 is 6.18 Å². The predicted octanol–water partition coefficient (Wildman–Crippen LogP) is 6.54. The Bertz CT molecular complexity index is 1010. The molecule has 7 heteroatoms. The van der Waals surface area contributed by atoms with Crippen LogP contribution in [0.15, 0.2) is 73.0 Å². The van der Waals surface area contributed by atoms with Crippen LogP contribution in [0.1, 0.15) is 42.7 Å². The first kappa shape index (κ1) is 24.9. The molecule has 1 atom stereocenters. The van der Waals surface area contributed by atoms with Crippen LogP contribution in [0.2, 0.25) is 0 Å². The molecule has 0 saturated heterocycles. The number of rotatable bonds is 9. The second-order valence-electron chi connectivity index (χ2n) is 7.42. The normalized spacial score (nSPS) is 13.1. The van der Waals surface area contributed by atoms with Gasteiger partial charge in [-0.05, 0) is 50.1 Å². The number of ether oxygens (including phenoxy) is 1. The standard InChI is InChI=1S/C25H28F3N3O/c1-5-8-17(2)9-6-10-18(3)31-22-13-12-19(15-20(22)24(29)32-4)16-23-21(25(26,27)28)11-7-14-30-23/h5-9,11-15,18,29,31H,1,10,16H2,2-4H3/b9-6-,17-8-,29-24?. The Hall–Kier alpha value is -3.35. The molecule has 32 heavy (non-hydrogen) atoms. The van der Waals surface area contributed by atoms with Gasteiger partial charge in [0.25, 0.3) is 0 Å². The second kappa shape index (κ2) is 11.3. The topological polar surface area (TPSA) is 58.0 Å². The fourth-order valence-electron chi connectivity index (χ4n) is 3.18. The minimum atomic E-state index is -4.48. The van der Waals surface area contributed by atoms with E-state index in [0.717, 1.165) is 18.1 Å². The van der Waals surface area contributed by atoms with Crippen LogP contribution in [-0.2, 0) is 17.3 Å². The number of hydrogen-bond donors (Lipinski definition) is 2. The molecule has 2 aromatic rings. The van der Waals surface area contributed by atoms with Gasteiger partial charge in [0.2, 0.25) is 5.90 Å². The SMILES string of the molecule is C=C/C=C(C)\C=C/CC(C)Nc1ccc(Cc2ncccc2C(F)(F)F)cc1C(=N)OC. The lowest BCUT2D eigenvalue weighted by Crippen LogP contribution is -2.17. The van der Waals surface area contributed by atoms with Gasteiger partial charge in [0.1, 0.15) is 0 Å². The fourth-order valence-corrected chi connectivity index (χ4v) is 3.18. The van der Waals surface area contributed by atoms with Gasteiger partial charge in [0.15, 0.2) is 0 Å². The van der Waals surface area contributed by atoms with Gasteiger partial charge < -0.3 is 10.1 Å². The van der Waals surface area contributed by atoms with E-state index < -0.39 is 11.7 Å². The minimum Gasteiger partial charge on any atom is -0.481 e. The molecule has 0 radical (unpaired) electrons. The Morgan fingerprint density at radius 3 is 2.72 bits per heavy atom. The van der Waals surface area contributed by atoms with E-state index in [9.17, 15) is 13.2 Å². The van der Waals surface area contributed by atoms with Crippen LogP contribution in [0.3, 0.4) is 0 Å². The van der Waals surface area contributed by atoms with Crippen molar-refractivity contribution >= 4 is 11.6 Å². The third kappa shape index (κ3) is 7.11. The number of pyridine rings is 1. The lowest BCUT2D eigenvalue weighted by molar-refractivity contribution is -0.138. The van der Waals surface area contributed by atoms with Crippen molar-refractivity contribution in [2.24, 2.45) is 0 Å². The highest BCUT2D eigenvalue weighted by Gasteiger charge is 2.33. The molecule has 0 saturated carbocycles. The fraction of sp³-hybridized carbons (Fsp3) is 0.280. The number of aromatic nitrogens is 1. The van der Waals surface area contributed by atoms with E-state index in [1.807, 2.05) is 32.1 Å². The highest BCUT2D eigenvalue weighted by molar-refractivity contribution is 5.97. The van der Waals surface area contributed by atoms with Gasteiger partial charge in [-0.15, -0.1) is 0 Å². The van der Waals surface area contributed by atoms with Gasteiger partial charge in [-0.3, -0.25) is 10.4 Å². The van der Waals surface area contributed by atoms with Crippen molar-refractivity contribution in [3.8, 4) is 0 Å². The predicted molar refractivity (Wildman–Crippen MR) is 123 cm³/mol. The molecule has 0 spiro atoms. The van der Waals surface area contributed by atoms with Crippen molar-refractivity contribution in [3.63, 3.8) is 0 Å². The van der Waals surface area contributed by atoms with Crippen molar-refractivity contribution in [2.75, 3.05) is 12.4 Å². The number of alkyl halides is 3. The number of benzene rings is 1. The molecule has 0 aliphatic heterocycles. The van der Waals surface area contributed by atoms with E-state index in [1.165, 1.54) is 19.4 Å². The Kier molecular flexibility index (Phi) is 8.81. The number of anilines is 1. The molecule has 2 N–H and O–H groups in total. The monoisotopic (exact) mass is 443 g/mol.